The highest BCUT2D eigenvalue weighted by atomic mass is 16.5. The molecule has 4 fully saturated rings. The standard InChI is InChI=1S/C29H51NO3/c1-6-20-18-22-24-13-12-21(10-9-17-33-26(31)30-19-27(2,3)32)28(24,4)16-14-25(22)29(5)15-8-7-11-23(20)29/h20-25,32H,6-19H2,1-5H3,(H,30,31)/t20-,21?,22?,23?,24?,25-,28?,29?/m0/s1. The summed E-state index contributed by atoms with van der Waals surface area (Å²) >= 11 is 0. The SMILES string of the molecule is CC[C@H]1CC2C3CCC(CCCOC(=O)NCC(C)(C)O)C3(C)CC[C@@H]2C2(C)CCCCC12. The van der Waals surface area contributed by atoms with Crippen LogP contribution in [0.2, 0.25) is 0 Å². The van der Waals surface area contributed by atoms with Crippen molar-refractivity contribution in [1.29, 1.82) is 0 Å². The predicted molar refractivity (Wildman–Crippen MR) is 134 cm³/mol. The van der Waals surface area contributed by atoms with Crippen molar-refractivity contribution in [2.24, 2.45) is 46.3 Å². The van der Waals surface area contributed by atoms with Crippen molar-refractivity contribution in [3.05, 3.63) is 0 Å². The molecular formula is C29H51NO3. The molecule has 0 heterocycles. The molecule has 0 aromatic heterocycles. The predicted octanol–water partition coefficient (Wildman–Crippen LogP) is 6.95. The first-order valence-electron chi connectivity index (χ1n) is 14.2. The minimum Gasteiger partial charge on any atom is -0.450 e. The van der Waals surface area contributed by atoms with Crippen molar-refractivity contribution >= 4 is 6.09 Å². The van der Waals surface area contributed by atoms with Gasteiger partial charge >= 0.3 is 6.09 Å². The van der Waals surface area contributed by atoms with Crippen LogP contribution in [0, 0.1) is 46.3 Å². The summed E-state index contributed by atoms with van der Waals surface area (Å²) in [6.45, 7) is 11.8. The quantitative estimate of drug-likeness (QED) is 0.403. The second-order valence-corrected chi connectivity index (χ2v) is 13.4. The summed E-state index contributed by atoms with van der Waals surface area (Å²) in [7, 11) is 0. The Labute approximate surface area is 203 Å². The number of amides is 1. The number of aliphatic hydroxyl groups is 1. The van der Waals surface area contributed by atoms with Gasteiger partial charge in [-0.15, -0.1) is 0 Å². The molecule has 8 atom stereocenters. The van der Waals surface area contributed by atoms with Crippen LogP contribution in [0.5, 0.6) is 0 Å². The first-order chi connectivity index (χ1) is 15.6. The molecule has 4 nitrogen and oxygen atoms in total. The van der Waals surface area contributed by atoms with E-state index < -0.39 is 11.7 Å². The monoisotopic (exact) mass is 461 g/mol. The summed E-state index contributed by atoms with van der Waals surface area (Å²) in [5.74, 6) is 5.54. The van der Waals surface area contributed by atoms with Gasteiger partial charge in [0.25, 0.3) is 0 Å². The summed E-state index contributed by atoms with van der Waals surface area (Å²) in [4.78, 5) is 11.9. The Morgan fingerprint density at radius 1 is 1.03 bits per heavy atom. The Hall–Kier alpha value is -0.770. The van der Waals surface area contributed by atoms with Crippen LogP contribution in [-0.4, -0.2) is 30.0 Å². The summed E-state index contributed by atoms with van der Waals surface area (Å²) < 4.78 is 5.39. The van der Waals surface area contributed by atoms with E-state index in [9.17, 15) is 9.90 Å². The number of carbonyl (C=O) groups excluding carboxylic acids is 1. The molecule has 1 amide bonds. The summed E-state index contributed by atoms with van der Waals surface area (Å²) in [6, 6.07) is 0. The molecule has 0 aromatic rings. The number of alkyl carbamates (subject to hydrolysis) is 1. The molecule has 33 heavy (non-hydrogen) atoms. The molecule has 0 aliphatic heterocycles. The van der Waals surface area contributed by atoms with Crippen molar-refractivity contribution in [3.8, 4) is 0 Å². The average molecular weight is 462 g/mol. The number of carbonyl (C=O) groups is 1. The van der Waals surface area contributed by atoms with Gasteiger partial charge in [-0.3, -0.25) is 0 Å². The lowest BCUT2D eigenvalue weighted by atomic mass is 9.42. The maximum atomic E-state index is 11.9. The maximum Gasteiger partial charge on any atom is 0.407 e. The molecule has 4 saturated carbocycles. The molecule has 0 radical (unpaired) electrons. The van der Waals surface area contributed by atoms with E-state index in [1.54, 1.807) is 13.8 Å². The fourth-order valence-corrected chi connectivity index (χ4v) is 9.44. The zero-order valence-corrected chi connectivity index (χ0v) is 22.1. The van der Waals surface area contributed by atoms with Crippen LogP contribution in [0.1, 0.15) is 112 Å². The van der Waals surface area contributed by atoms with Gasteiger partial charge in [-0.05, 0) is 118 Å². The number of hydrogen-bond acceptors (Lipinski definition) is 3. The molecule has 4 rings (SSSR count). The van der Waals surface area contributed by atoms with E-state index in [0.717, 1.165) is 41.9 Å². The molecule has 0 saturated heterocycles. The van der Waals surface area contributed by atoms with Gasteiger partial charge in [0, 0.05) is 6.54 Å². The highest BCUT2D eigenvalue weighted by molar-refractivity contribution is 5.67. The number of fused-ring (bicyclic) bond motifs is 5. The second kappa shape index (κ2) is 9.70. The van der Waals surface area contributed by atoms with Crippen LogP contribution >= 0.6 is 0 Å². The third-order valence-corrected chi connectivity index (χ3v) is 11.1. The maximum absolute atomic E-state index is 11.9. The highest BCUT2D eigenvalue weighted by Crippen LogP contribution is 2.69. The zero-order chi connectivity index (χ0) is 23.9. The normalized spacial score (nSPS) is 42.7. The fraction of sp³-hybridized carbons (Fsp3) is 0.966. The molecule has 0 aromatic carbocycles. The van der Waals surface area contributed by atoms with E-state index in [4.69, 9.17) is 4.74 Å². The highest BCUT2D eigenvalue weighted by Gasteiger charge is 2.60. The Bertz CT molecular complexity index is 687. The second-order valence-electron chi connectivity index (χ2n) is 13.4. The van der Waals surface area contributed by atoms with Gasteiger partial charge in [-0.1, -0.05) is 40.0 Å². The summed E-state index contributed by atoms with van der Waals surface area (Å²) in [6.07, 6.45) is 16.2. The molecule has 190 valence electrons. The van der Waals surface area contributed by atoms with Crippen LogP contribution < -0.4 is 5.32 Å². The van der Waals surface area contributed by atoms with Gasteiger partial charge in [0.1, 0.15) is 0 Å². The average Bonchev–Trinajstić information content (AvgIpc) is 3.10. The lowest BCUT2D eigenvalue weighted by Crippen LogP contribution is -2.55. The van der Waals surface area contributed by atoms with Crippen molar-refractivity contribution in [2.75, 3.05) is 13.2 Å². The van der Waals surface area contributed by atoms with Crippen molar-refractivity contribution in [1.82, 2.24) is 5.32 Å². The molecule has 0 bridgehead atoms. The van der Waals surface area contributed by atoms with Crippen molar-refractivity contribution in [3.63, 3.8) is 0 Å². The summed E-state index contributed by atoms with van der Waals surface area (Å²) in [5, 5.41) is 12.4. The van der Waals surface area contributed by atoms with Gasteiger partial charge in [-0.25, -0.2) is 4.79 Å². The molecule has 4 aliphatic carbocycles. The zero-order valence-electron chi connectivity index (χ0n) is 22.1. The fourth-order valence-electron chi connectivity index (χ4n) is 9.44. The molecule has 2 N–H and O–H groups in total. The number of rotatable bonds is 7. The van der Waals surface area contributed by atoms with E-state index in [1.165, 1.54) is 70.6 Å². The number of hydrogen-bond donors (Lipinski definition) is 2. The van der Waals surface area contributed by atoms with Crippen LogP contribution in [0.3, 0.4) is 0 Å². The van der Waals surface area contributed by atoms with Crippen LogP contribution in [0.15, 0.2) is 0 Å². The van der Waals surface area contributed by atoms with Crippen molar-refractivity contribution in [2.45, 2.75) is 117 Å². The Morgan fingerprint density at radius 3 is 2.52 bits per heavy atom. The smallest absolute Gasteiger partial charge is 0.407 e. The minimum atomic E-state index is -0.907. The van der Waals surface area contributed by atoms with Gasteiger partial charge in [0.2, 0.25) is 0 Å². The largest absolute Gasteiger partial charge is 0.450 e. The molecule has 4 aliphatic rings. The van der Waals surface area contributed by atoms with Gasteiger partial charge in [0.15, 0.2) is 0 Å². The third-order valence-electron chi connectivity index (χ3n) is 11.1. The van der Waals surface area contributed by atoms with Gasteiger partial charge in [-0.2, -0.15) is 0 Å². The van der Waals surface area contributed by atoms with E-state index in [0.29, 0.717) is 17.4 Å². The van der Waals surface area contributed by atoms with Gasteiger partial charge in [0.05, 0.1) is 12.2 Å². The van der Waals surface area contributed by atoms with Crippen LogP contribution in [-0.2, 0) is 4.74 Å². The number of nitrogens with one attached hydrogen (secondary N) is 1. The van der Waals surface area contributed by atoms with E-state index in [-0.39, 0.29) is 6.54 Å². The lowest BCUT2D eigenvalue weighted by Gasteiger charge is -2.62. The lowest BCUT2D eigenvalue weighted by molar-refractivity contribution is -0.135. The molecule has 0 spiro atoms. The Balaban J connectivity index is 1.33. The summed E-state index contributed by atoms with van der Waals surface area (Å²) in [5.41, 5.74) is 0.183. The third kappa shape index (κ3) is 4.98. The first kappa shape index (κ1) is 25.3. The Morgan fingerprint density at radius 2 is 1.79 bits per heavy atom. The van der Waals surface area contributed by atoms with Crippen LogP contribution in [0.25, 0.3) is 0 Å². The van der Waals surface area contributed by atoms with E-state index in [1.807, 2.05) is 0 Å². The molecule has 6 unspecified atom stereocenters. The van der Waals surface area contributed by atoms with E-state index in [2.05, 4.69) is 26.1 Å². The van der Waals surface area contributed by atoms with Crippen LogP contribution in [0.4, 0.5) is 4.79 Å². The number of ether oxygens (including phenoxy) is 1. The first-order valence-corrected chi connectivity index (χ1v) is 14.2. The van der Waals surface area contributed by atoms with Crippen molar-refractivity contribution < 1.29 is 14.6 Å². The topological polar surface area (TPSA) is 58.6 Å². The molecular weight excluding hydrogens is 410 g/mol. The minimum absolute atomic E-state index is 0.218. The van der Waals surface area contributed by atoms with Gasteiger partial charge < -0.3 is 15.2 Å². The molecule has 4 heteroatoms. The Kier molecular flexibility index (Phi) is 7.45. The van der Waals surface area contributed by atoms with E-state index >= 15 is 0 Å².